The van der Waals surface area contributed by atoms with Gasteiger partial charge in [0.15, 0.2) is 0 Å². The molecule has 0 amide bonds. The normalized spacial score (nSPS) is 9.90. The second-order valence-electron chi connectivity index (χ2n) is 4.51. The van der Waals surface area contributed by atoms with E-state index in [-0.39, 0.29) is 26.9 Å². The van der Waals surface area contributed by atoms with Crippen molar-refractivity contribution in [1.29, 1.82) is 0 Å². The molecule has 2 rings (SSSR count). The number of halogens is 1. The Morgan fingerprint density at radius 3 is 2.45 bits per heavy atom. The third kappa shape index (κ3) is 5.46. The zero-order chi connectivity index (χ0) is 13.5. The Balaban J connectivity index is 0.00000200. The van der Waals surface area contributed by atoms with Gasteiger partial charge in [-0.2, -0.15) is 13.3 Å². The van der Waals surface area contributed by atoms with E-state index in [0.29, 0.717) is 6.61 Å². The molecule has 0 aliphatic rings. The first-order chi connectivity index (χ1) is 9.28. The summed E-state index contributed by atoms with van der Waals surface area (Å²) in [5.41, 5.74) is 2.14. The maximum Gasteiger partial charge on any atom is 0.123 e. The number of aryl methyl sites for hydroxylation is 1. The second-order valence-corrected chi connectivity index (χ2v) is 4.51. The van der Waals surface area contributed by atoms with Crippen molar-refractivity contribution in [2.75, 3.05) is 0 Å². The average molecular weight is 441 g/mol. The van der Waals surface area contributed by atoms with E-state index in [1.165, 1.54) is 17.7 Å². The van der Waals surface area contributed by atoms with Crippen LogP contribution in [-0.4, -0.2) is 0 Å². The first kappa shape index (κ1) is 16.9. The number of benzene rings is 2. The van der Waals surface area contributed by atoms with E-state index in [1.54, 1.807) is 6.07 Å². The van der Waals surface area contributed by atoms with Crippen LogP contribution in [-0.2, 0) is 34.1 Å². The Morgan fingerprint density at radius 1 is 1.05 bits per heavy atom. The van der Waals surface area contributed by atoms with E-state index in [1.807, 2.05) is 18.2 Å². The fraction of sp³-hybridized carbons (Fsp3) is 0.235. The molecule has 106 valence electrons. The topological polar surface area (TPSA) is 9.23 Å². The van der Waals surface area contributed by atoms with Crippen LogP contribution in [0.3, 0.4) is 0 Å². The number of unbranched alkanes of at least 4 members (excludes halogenated alkanes) is 1. The zero-order valence-corrected chi connectivity index (χ0v) is 14.4. The van der Waals surface area contributed by atoms with E-state index >= 15 is 0 Å². The van der Waals surface area contributed by atoms with Gasteiger partial charge >= 0.3 is 0 Å². The first-order valence-electron chi connectivity index (χ1n) is 6.52. The van der Waals surface area contributed by atoms with Crippen LogP contribution in [0, 0.1) is 12.2 Å². The molecule has 0 spiro atoms. The molecule has 0 saturated carbocycles. The van der Waals surface area contributed by atoms with Crippen molar-refractivity contribution in [3.63, 3.8) is 0 Å². The van der Waals surface area contributed by atoms with Gasteiger partial charge in [-0.1, -0.05) is 36.2 Å². The smallest absolute Gasteiger partial charge is 0.123 e. The van der Waals surface area contributed by atoms with Gasteiger partial charge in [-0.05, 0) is 29.8 Å². The largest absolute Gasteiger partial charge is 0.489 e. The number of hydrogen-bond acceptors (Lipinski definition) is 1. The Labute approximate surface area is 134 Å². The fourth-order valence-electron chi connectivity index (χ4n) is 1.86. The average Bonchev–Trinajstić information content (AvgIpc) is 2.44. The van der Waals surface area contributed by atoms with Gasteiger partial charge in [0.2, 0.25) is 0 Å². The summed E-state index contributed by atoms with van der Waals surface area (Å²) < 4.78 is 18.6. The predicted molar refractivity (Wildman–Crippen MR) is 75.5 cm³/mol. The first-order valence-corrected chi connectivity index (χ1v) is 6.52. The summed E-state index contributed by atoms with van der Waals surface area (Å²) in [6.45, 7) is 2.45. The SMILES string of the molecule is C[CH-]CCc1ccc(OCc2cccc(F)c2)cc1.[W]. The van der Waals surface area contributed by atoms with Gasteiger partial charge in [-0.15, -0.1) is 0 Å². The standard InChI is InChI=1S/C17H18FO.W/c1-2-3-5-14-8-10-17(11-9-14)19-13-15-6-4-7-16(18)12-15;/h2,4,6-12H,3,5,13H2,1H3;/q-1;. The molecule has 0 fully saturated rings. The molecule has 0 heterocycles. The Morgan fingerprint density at radius 2 is 1.80 bits per heavy atom. The minimum atomic E-state index is -0.229. The van der Waals surface area contributed by atoms with Crippen LogP contribution in [0.5, 0.6) is 5.75 Å². The molecule has 2 aromatic rings. The van der Waals surface area contributed by atoms with Crippen molar-refractivity contribution >= 4 is 0 Å². The molecule has 1 nitrogen and oxygen atoms in total. The van der Waals surface area contributed by atoms with Crippen molar-refractivity contribution < 1.29 is 30.2 Å². The minimum Gasteiger partial charge on any atom is -0.489 e. The molecular formula is C17H18FOW-. The Bertz CT molecular complexity index is 511. The molecule has 0 aliphatic carbocycles. The van der Waals surface area contributed by atoms with Gasteiger partial charge in [0.25, 0.3) is 0 Å². The van der Waals surface area contributed by atoms with Gasteiger partial charge in [0.1, 0.15) is 18.2 Å². The summed E-state index contributed by atoms with van der Waals surface area (Å²) in [4.78, 5) is 0. The van der Waals surface area contributed by atoms with Crippen LogP contribution < -0.4 is 4.74 Å². The second kappa shape index (κ2) is 8.92. The molecule has 0 bridgehead atoms. The van der Waals surface area contributed by atoms with E-state index < -0.39 is 0 Å². The van der Waals surface area contributed by atoms with Crippen LogP contribution in [0.15, 0.2) is 48.5 Å². The molecule has 0 atom stereocenters. The van der Waals surface area contributed by atoms with Crippen molar-refractivity contribution in [3.05, 3.63) is 71.9 Å². The summed E-state index contributed by atoms with van der Waals surface area (Å²) in [5, 5.41) is 0. The number of ether oxygens (including phenoxy) is 1. The van der Waals surface area contributed by atoms with Gasteiger partial charge in [0, 0.05) is 21.1 Å². The fourth-order valence-corrected chi connectivity index (χ4v) is 1.86. The molecule has 0 radical (unpaired) electrons. The third-order valence-corrected chi connectivity index (χ3v) is 2.94. The van der Waals surface area contributed by atoms with Crippen LogP contribution in [0.2, 0.25) is 0 Å². The summed E-state index contributed by atoms with van der Waals surface area (Å²) in [6.07, 6.45) is 4.30. The van der Waals surface area contributed by atoms with E-state index in [4.69, 9.17) is 4.74 Å². The summed E-state index contributed by atoms with van der Waals surface area (Å²) in [6, 6.07) is 14.5. The van der Waals surface area contributed by atoms with Crippen LogP contribution in [0.25, 0.3) is 0 Å². The van der Waals surface area contributed by atoms with Gasteiger partial charge in [0.05, 0.1) is 0 Å². The number of hydrogen-bond donors (Lipinski definition) is 0. The monoisotopic (exact) mass is 441 g/mol. The molecule has 0 unspecified atom stereocenters. The van der Waals surface area contributed by atoms with Crippen molar-refractivity contribution in [1.82, 2.24) is 0 Å². The quantitative estimate of drug-likeness (QED) is 0.598. The van der Waals surface area contributed by atoms with E-state index in [9.17, 15) is 4.39 Å². The Kier molecular flexibility index (Phi) is 7.54. The maximum atomic E-state index is 13.0. The van der Waals surface area contributed by atoms with Gasteiger partial charge < -0.3 is 11.2 Å². The van der Waals surface area contributed by atoms with Gasteiger partial charge in [-0.25, -0.2) is 4.39 Å². The van der Waals surface area contributed by atoms with Crippen LogP contribution >= 0.6 is 0 Å². The predicted octanol–water partition coefficient (Wildman–Crippen LogP) is 4.56. The summed E-state index contributed by atoms with van der Waals surface area (Å²) in [7, 11) is 0. The van der Waals surface area contributed by atoms with Crippen LogP contribution in [0.4, 0.5) is 4.39 Å². The van der Waals surface area contributed by atoms with Gasteiger partial charge in [-0.3, -0.25) is 0 Å². The van der Waals surface area contributed by atoms with Crippen molar-refractivity contribution in [2.45, 2.75) is 26.4 Å². The summed E-state index contributed by atoms with van der Waals surface area (Å²) in [5.74, 6) is 0.584. The molecule has 2 aromatic carbocycles. The zero-order valence-electron chi connectivity index (χ0n) is 11.5. The Hall–Kier alpha value is -1.14. The molecule has 0 saturated heterocycles. The molecule has 0 aliphatic heterocycles. The minimum absolute atomic E-state index is 0. The molecule has 0 aromatic heterocycles. The number of rotatable bonds is 6. The molecule has 20 heavy (non-hydrogen) atoms. The molecule has 0 N–H and O–H groups in total. The molecule has 3 heteroatoms. The maximum absolute atomic E-state index is 13.0. The van der Waals surface area contributed by atoms with E-state index in [2.05, 4.69) is 25.5 Å². The van der Waals surface area contributed by atoms with Crippen molar-refractivity contribution in [2.24, 2.45) is 0 Å². The third-order valence-electron chi connectivity index (χ3n) is 2.94. The van der Waals surface area contributed by atoms with Crippen LogP contribution in [0.1, 0.15) is 24.5 Å². The summed E-state index contributed by atoms with van der Waals surface area (Å²) >= 11 is 0. The van der Waals surface area contributed by atoms with E-state index in [0.717, 1.165) is 24.2 Å². The molecular weight excluding hydrogens is 423 g/mol. The van der Waals surface area contributed by atoms with Crippen molar-refractivity contribution in [3.8, 4) is 5.75 Å².